The first-order chi connectivity index (χ1) is 12.7. The lowest BCUT2D eigenvalue weighted by molar-refractivity contribution is 0.223. The van der Waals surface area contributed by atoms with E-state index in [-0.39, 0.29) is 12.0 Å². The van der Waals surface area contributed by atoms with Crippen molar-refractivity contribution in [3.63, 3.8) is 0 Å². The summed E-state index contributed by atoms with van der Waals surface area (Å²) >= 11 is 0. The highest BCUT2D eigenvalue weighted by molar-refractivity contribution is 7.45. The molecule has 0 bridgehead atoms. The standard InChI is InChI=1S/C22H20NO2P/c1-23(2)26-24-19-13-11-15-7-3-5-9-17(15)21(19)22-18-10-6-4-8-16(18)12-14-20(22)25-26/h3-14,19,21H,1-2H3. The van der Waals surface area contributed by atoms with Crippen molar-refractivity contribution in [2.75, 3.05) is 14.1 Å². The Morgan fingerprint density at radius 3 is 2.62 bits per heavy atom. The van der Waals surface area contributed by atoms with E-state index in [2.05, 4.69) is 72.8 Å². The second kappa shape index (κ2) is 6.21. The molecule has 2 aliphatic rings. The molecule has 1 aliphatic heterocycles. The molecule has 0 amide bonds. The van der Waals surface area contributed by atoms with Crippen molar-refractivity contribution in [1.82, 2.24) is 4.67 Å². The predicted octanol–water partition coefficient (Wildman–Crippen LogP) is 5.56. The van der Waals surface area contributed by atoms with Gasteiger partial charge in [-0.2, -0.15) is 0 Å². The molecule has 0 saturated heterocycles. The van der Waals surface area contributed by atoms with Crippen LogP contribution in [0.15, 0.2) is 66.7 Å². The number of hydrogen-bond donors (Lipinski definition) is 0. The average molecular weight is 361 g/mol. The maximum atomic E-state index is 6.45. The van der Waals surface area contributed by atoms with Crippen LogP contribution in [0.25, 0.3) is 16.8 Å². The molecular weight excluding hydrogens is 341 g/mol. The van der Waals surface area contributed by atoms with Gasteiger partial charge in [0.25, 0.3) is 0 Å². The molecule has 4 heteroatoms. The van der Waals surface area contributed by atoms with Crippen LogP contribution in [0.2, 0.25) is 0 Å². The fourth-order valence-electron chi connectivity index (χ4n) is 3.91. The molecule has 1 heterocycles. The Morgan fingerprint density at radius 2 is 1.73 bits per heavy atom. The van der Waals surface area contributed by atoms with Gasteiger partial charge in [0.1, 0.15) is 5.75 Å². The quantitative estimate of drug-likeness (QED) is 0.529. The number of rotatable bonds is 1. The molecule has 5 rings (SSSR count). The molecule has 26 heavy (non-hydrogen) atoms. The van der Waals surface area contributed by atoms with E-state index < -0.39 is 8.53 Å². The molecule has 3 atom stereocenters. The van der Waals surface area contributed by atoms with Gasteiger partial charge in [0.05, 0.1) is 6.10 Å². The summed E-state index contributed by atoms with van der Waals surface area (Å²) in [6.07, 6.45) is 4.33. The van der Waals surface area contributed by atoms with Gasteiger partial charge in [-0.1, -0.05) is 66.7 Å². The fraction of sp³-hybridized carbons (Fsp3) is 0.182. The van der Waals surface area contributed by atoms with Crippen LogP contribution in [-0.2, 0) is 4.52 Å². The van der Waals surface area contributed by atoms with Crippen molar-refractivity contribution in [2.45, 2.75) is 12.0 Å². The smallest absolute Gasteiger partial charge is 0.321 e. The molecule has 0 fully saturated rings. The van der Waals surface area contributed by atoms with Crippen molar-refractivity contribution < 1.29 is 9.05 Å². The first-order valence-electron chi connectivity index (χ1n) is 8.83. The molecule has 0 N–H and O–H groups in total. The molecule has 1 aliphatic carbocycles. The Labute approximate surface area is 154 Å². The highest BCUT2D eigenvalue weighted by Gasteiger charge is 2.38. The molecule has 0 aromatic heterocycles. The summed E-state index contributed by atoms with van der Waals surface area (Å²) in [7, 11) is 2.86. The zero-order valence-corrected chi connectivity index (χ0v) is 15.7. The van der Waals surface area contributed by atoms with Gasteiger partial charge in [-0.25, -0.2) is 4.67 Å². The van der Waals surface area contributed by atoms with Crippen LogP contribution in [0.5, 0.6) is 5.75 Å². The summed E-state index contributed by atoms with van der Waals surface area (Å²) in [5, 5.41) is 2.47. The van der Waals surface area contributed by atoms with Gasteiger partial charge in [0.15, 0.2) is 0 Å². The normalized spacial score (nSPS) is 23.7. The van der Waals surface area contributed by atoms with Gasteiger partial charge in [-0.15, -0.1) is 0 Å². The molecule has 3 unspecified atom stereocenters. The summed E-state index contributed by atoms with van der Waals surface area (Å²) < 4.78 is 14.8. The third-order valence-corrected chi connectivity index (χ3v) is 6.51. The van der Waals surface area contributed by atoms with Crippen LogP contribution in [0, 0.1) is 0 Å². The zero-order valence-electron chi connectivity index (χ0n) is 14.8. The number of fused-ring (bicyclic) bond motifs is 7. The lowest BCUT2D eigenvalue weighted by Gasteiger charge is -2.30. The van der Waals surface area contributed by atoms with E-state index >= 15 is 0 Å². The first kappa shape index (κ1) is 16.0. The zero-order chi connectivity index (χ0) is 17.7. The second-order valence-corrected chi connectivity index (χ2v) is 8.58. The maximum Gasteiger partial charge on any atom is 0.321 e. The van der Waals surface area contributed by atoms with Crippen molar-refractivity contribution >= 4 is 25.4 Å². The minimum Gasteiger partial charge on any atom is -0.435 e. The van der Waals surface area contributed by atoms with Crippen molar-refractivity contribution in [1.29, 1.82) is 0 Å². The van der Waals surface area contributed by atoms with E-state index in [9.17, 15) is 0 Å². The van der Waals surface area contributed by atoms with Gasteiger partial charge in [0.2, 0.25) is 0 Å². The largest absolute Gasteiger partial charge is 0.435 e. The van der Waals surface area contributed by atoms with Crippen molar-refractivity contribution in [3.05, 3.63) is 83.4 Å². The third-order valence-electron chi connectivity index (χ3n) is 5.08. The van der Waals surface area contributed by atoms with E-state index in [1.54, 1.807) is 0 Å². The van der Waals surface area contributed by atoms with Crippen LogP contribution in [0.3, 0.4) is 0 Å². The van der Waals surface area contributed by atoms with Crippen LogP contribution >= 0.6 is 8.53 Å². The minimum atomic E-state index is -1.15. The number of benzene rings is 3. The average Bonchev–Trinajstić information content (AvgIpc) is 2.85. The van der Waals surface area contributed by atoms with E-state index in [4.69, 9.17) is 9.05 Å². The summed E-state index contributed by atoms with van der Waals surface area (Å²) in [6, 6.07) is 21.4. The van der Waals surface area contributed by atoms with Crippen molar-refractivity contribution in [3.8, 4) is 5.75 Å². The van der Waals surface area contributed by atoms with Crippen LogP contribution < -0.4 is 4.52 Å². The second-order valence-electron chi connectivity index (χ2n) is 6.91. The van der Waals surface area contributed by atoms with Crippen LogP contribution in [0.4, 0.5) is 0 Å². The topological polar surface area (TPSA) is 21.7 Å². The van der Waals surface area contributed by atoms with Gasteiger partial charge in [0, 0.05) is 11.5 Å². The Balaban J connectivity index is 1.81. The van der Waals surface area contributed by atoms with E-state index in [0.717, 1.165) is 5.75 Å². The molecular formula is C22H20NO2P. The summed E-state index contributed by atoms with van der Waals surface area (Å²) in [5.41, 5.74) is 3.79. The summed E-state index contributed by atoms with van der Waals surface area (Å²) in [6.45, 7) is 0. The molecule has 0 radical (unpaired) electrons. The van der Waals surface area contributed by atoms with Crippen molar-refractivity contribution in [2.24, 2.45) is 0 Å². The number of nitrogens with zero attached hydrogens (tertiary/aromatic N) is 1. The van der Waals surface area contributed by atoms with E-state index in [0.29, 0.717) is 0 Å². The third kappa shape index (κ3) is 2.47. The highest BCUT2D eigenvalue weighted by Crippen LogP contribution is 2.55. The Morgan fingerprint density at radius 1 is 0.923 bits per heavy atom. The molecule has 3 aromatic carbocycles. The minimum absolute atomic E-state index is 0.0366. The van der Waals surface area contributed by atoms with E-state index in [1.807, 2.05) is 18.8 Å². The monoisotopic (exact) mass is 361 g/mol. The lowest BCUT2D eigenvalue weighted by atomic mass is 9.78. The fourth-order valence-corrected chi connectivity index (χ4v) is 5.03. The Hall–Kier alpha value is -2.19. The number of hydrogen-bond acceptors (Lipinski definition) is 3. The molecule has 0 saturated carbocycles. The van der Waals surface area contributed by atoms with Gasteiger partial charge in [-0.05, 0) is 42.1 Å². The lowest BCUT2D eigenvalue weighted by Crippen LogP contribution is -2.23. The first-order valence-corrected chi connectivity index (χ1v) is 9.96. The van der Waals surface area contributed by atoms with Crippen LogP contribution in [-0.4, -0.2) is 24.9 Å². The molecule has 130 valence electrons. The Kier molecular flexibility index (Phi) is 3.82. The maximum absolute atomic E-state index is 6.45. The molecule has 3 nitrogen and oxygen atoms in total. The summed E-state index contributed by atoms with van der Waals surface area (Å²) in [5.74, 6) is 1.06. The highest BCUT2D eigenvalue weighted by atomic mass is 31.2. The molecule has 3 aromatic rings. The van der Waals surface area contributed by atoms with Gasteiger partial charge in [-0.3, -0.25) is 0 Å². The molecule has 0 spiro atoms. The Bertz CT molecular complexity index is 1010. The van der Waals surface area contributed by atoms with Gasteiger partial charge < -0.3 is 9.05 Å². The van der Waals surface area contributed by atoms with Crippen LogP contribution in [0.1, 0.15) is 22.6 Å². The predicted molar refractivity (Wildman–Crippen MR) is 107 cm³/mol. The van der Waals surface area contributed by atoms with E-state index in [1.165, 1.54) is 27.5 Å². The summed E-state index contributed by atoms with van der Waals surface area (Å²) in [4.78, 5) is 0. The SMILES string of the molecule is CN(C)P1Oc2ccc3ccccc3c2C2c3ccccc3C=CC2O1. The van der Waals surface area contributed by atoms with Gasteiger partial charge >= 0.3 is 8.53 Å².